The van der Waals surface area contributed by atoms with Crippen LogP contribution in [0.3, 0.4) is 0 Å². The van der Waals surface area contributed by atoms with Crippen LogP contribution in [0.1, 0.15) is 34.1 Å². The molecule has 0 aromatic heterocycles. The van der Waals surface area contributed by atoms with Crippen LogP contribution >= 0.6 is 11.6 Å². The SMILES string of the molecule is CCC(=O)c1cc(Cl)ccc1Oc1ccc(C(N)=O)cc1[N+](=O)[O-]. The number of rotatable bonds is 6. The van der Waals surface area contributed by atoms with E-state index in [0.717, 1.165) is 6.07 Å². The quantitative estimate of drug-likeness (QED) is 0.485. The first-order valence-corrected chi connectivity index (χ1v) is 7.30. The minimum absolute atomic E-state index is 0.0185. The van der Waals surface area contributed by atoms with Gasteiger partial charge in [-0.15, -0.1) is 0 Å². The fourth-order valence-electron chi connectivity index (χ4n) is 2.02. The van der Waals surface area contributed by atoms with E-state index in [0.29, 0.717) is 5.02 Å². The second-order valence-corrected chi connectivity index (χ2v) is 5.26. The highest BCUT2D eigenvalue weighted by Crippen LogP contribution is 2.35. The van der Waals surface area contributed by atoms with Crippen LogP contribution in [0, 0.1) is 10.1 Å². The molecule has 0 aliphatic carbocycles. The zero-order valence-electron chi connectivity index (χ0n) is 12.6. The van der Waals surface area contributed by atoms with Crippen LogP contribution in [-0.2, 0) is 0 Å². The zero-order chi connectivity index (χ0) is 17.9. The van der Waals surface area contributed by atoms with Gasteiger partial charge in [-0.3, -0.25) is 19.7 Å². The minimum Gasteiger partial charge on any atom is -0.449 e. The highest BCUT2D eigenvalue weighted by molar-refractivity contribution is 6.31. The molecule has 1 amide bonds. The number of ketones is 1. The second kappa shape index (κ2) is 7.10. The number of primary amides is 1. The molecule has 0 unspecified atom stereocenters. The molecule has 0 fully saturated rings. The summed E-state index contributed by atoms with van der Waals surface area (Å²) in [6, 6.07) is 7.99. The maximum Gasteiger partial charge on any atom is 0.312 e. The maximum atomic E-state index is 12.0. The van der Waals surface area contributed by atoms with E-state index in [1.54, 1.807) is 6.92 Å². The van der Waals surface area contributed by atoms with E-state index in [9.17, 15) is 19.7 Å². The van der Waals surface area contributed by atoms with Gasteiger partial charge in [0, 0.05) is 23.1 Å². The fraction of sp³-hybridized carbons (Fsp3) is 0.125. The zero-order valence-corrected chi connectivity index (χ0v) is 13.4. The van der Waals surface area contributed by atoms with Crippen molar-refractivity contribution in [2.45, 2.75) is 13.3 Å². The number of Topliss-reactive ketones (excluding diaryl/α,β-unsaturated/α-hetero) is 1. The van der Waals surface area contributed by atoms with Crippen LogP contribution in [0.4, 0.5) is 5.69 Å². The van der Waals surface area contributed by atoms with Crippen molar-refractivity contribution in [2.75, 3.05) is 0 Å². The van der Waals surface area contributed by atoms with Gasteiger partial charge in [-0.25, -0.2) is 0 Å². The van der Waals surface area contributed by atoms with Crippen molar-refractivity contribution in [1.82, 2.24) is 0 Å². The molecule has 0 aliphatic rings. The molecule has 8 heteroatoms. The lowest BCUT2D eigenvalue weighted by Gasteiger charge is -2.11. The Morgan fingerprint density at radius 1 is 1.21 bits per heavy atom. The average Bonchev–Trinajstić information content (AvgIpc) is 2.55. The summed E-state index contributed by atoms with van der Waals surface area (Å²) in [7, 11) is 0. The van der Waals surface area contributed by atoms with Gasteiger partial charge in [0.25, 0.3) is 0 Å². The second-order valence-electron chi connectivity index (χ2n) is 4.82. The highest BCUT2D eigenvalue weighted by Gasteiger charge is 2.20. The molecule has 124 valence electrons. The smallest absolute Gasteiger partial charge is 0.312 e. The van der Waals surface area contributed by atoms with E-state index < -0.39 is 16.5 Å². The van der Waals surface area contributed by atoms with Crippen LogP contribution < -0.4 is 10.5 Å². The van der Waals surface area contributed by atoms with Gasteiger partial charge in [0.15, 0.2) is 5.78 Å². The molecular formula is C16H13ClN2O5. The lowest BCUT2D eigenvalue weighted by molar-refractivity contribution is -0.385. The summed E-state index contributed by atoms with van der Waals surface area (Å²) in [5.41, 5.74) is 4.89. The Balaban J connectivity index is 2.50. The Morgan fingerprint density at radius 3 is 2.46 bits per heavy atom. The van der Waals surface area contributed by atoms with Gasteiger partial charge in [0.05, 0.1) is 10.5 Å². The standard InChI is InChI=1S/C16H13ClN2O5/c1-2-13(20)11-8-10(17)4-6-14(11)24-15-5-3-9(16(18)21)7-12(15)19(22)23/h3-8H,2H2,1H3,(H2,18,21). The highest BCUT2D eigenvalue weighted by atomic mass is 35.5. The molecule has 0 radical (unpaired) electrons. The van der Waals surface area contributed by atoms with Crippen molar-refractivity contribution >= 4 is 29.0 Å². The molecule has 0 aliphatic heterocycles. The lowest BCUT2D eigenvalue weighted by Crippen LogP contribution is -2.11. The first-order chi connectivity index (χ1) is 11.3. The molecule has 0 bridgehead atoms. The van der Waals surface area contributed by atoms with E-state index in [-0.39, 0.29) is 34.8 Å². The number of nitrogens with zero attached hydrogens (tertiary/aromatic N) is 1. The van der Waals surface area contributed by atoms with Crippen LogP contribution in [-0.4, -0.2) is 16.6 Å². The maximum absolute atomic E-state index is 12.0. The molecule has 2 aromatic rings. The number of benzene rings is 2. The molecule has 0 saturated heterocycles. The topological polar surface area (TPSA) is 113 Å². The van der Waals surface area contributed by atoms with E-state index in [4.69, 9.17) is 22.1 Å². The Kier molecular flexibility index (Phi) is 5.15. The van der Waals surface area contributed by atoms with Crippen molar-refractivity contribution in [1.29, 1.82) is 0 Å². The number of hydrogen-bond acceptors (Lipinski definition) is 5. The van der Waals surface area contributed by atoms with Gasteiger partial charge in [0.2, 0.25) is 11.7 Å². The Bertz CT molecular complexity index is 835. The Morgan fingerprint density at radius 2 is 1.88 bits per heavy atom. The molecule has 0 saturated carbocycles. The summed E-state index contributed by atoms with van der Waals surface area (Å²) in [5.74, 6) is -0.986. The van der Waals surface area contributed by atoms with Gasteiger partial charge < -0.3 is 10.5 Å². The summed E-state index contributed by atoms with van der Waals surface area (Å²) >= 11 is 5.89. The number of hydrogen-bond donors (Lipinski definition) is 1. The van der Waals surface area contributed by atoms with E-state index in [2.05, 4.69) is 0 Å². The van der Waals surface area contributed by atoms with Crippen LogP contribution in [0.15, 0.2) is 36.4 Å². The van der Waals surface area contributed by atoms with Crippen molar-refractivity contribution in [2.24, 2.45) is 5.73 Å². The van der Waals surface area contributed by atoms with Gasteiger partial charge >= 0.3 is 5.69 Å². The average molecular weight is 349 g/mol. The monoisotopic (exact) mass is 348 g/mol. The molecule has 2 N–H and O–H groups in total. The predicted molar refractivity (Wildman–Crippen MR) is 87.8 cm³/mol. The predicted octanol–water partition coefficient (Wildman–Crippen LogP) is 3.73. The van der Waals surface area contributed by atoms with Crippen LogP contribution in [0.2, 0.25) is 5.02 Å². The number of carbonyl (C=O) groups excluding carboxylic acids is 2. The third kappa shape index (κ3) is 3.69. The summed E-state index contributed by atoms with van der Waals surface area (Å²) in [4.78, 5) is 33.7. The first-order valence-electron chi connectivity index (χ1n) is 6.92. The lowest BCUT2D eigenvalue weighted by atomic mass is 10.1. The Hall–Kier alpha value is -2.93. The van der Waals surface area contributed by atoms with Crippen molar-refractivity contribution < 1.29 is 19.2 Å². The normalized spacial score (nSPS) is 10.2. The number of carbonyl (C=O) groups is 2. The number of nitro benzene ring substituents is 1. The molecule has 2 rings (SSSR count). The minimum atomic E-state index is -0.794. The largest absolute Gasteiger partial charge is 0.449 e. The number of nitrogens with two attached hydrogens (primary N) is 1. The molecule has 7 nitrogen and oxygen atoms in total. The summed E-state index contributed by atoms with van der Waals surface area (Å²) in [6.45, 7) is 1.68. The first kappa shape index (κ1) is 17.4. The molecule has 0 atom stereocenters. The van der Waals surface area contributed by atoms with E-state index in [1.165, 1.54) is 30.3 Å². The Labute approximate surface area is 142 Å². The molecule has 2 aromatic carbocycles. The van der Waals surface area contributed by atoms with Gasteiger partial charge in [-0.05, 0) is 30.3 Å². The van der Waals surface area contributed by atoms with E-state index in [1.807, 2.05) is 0 Å². The number of halogens is 1. The fourth-order valence-corrected chi connectivity index (χ4v) is 2.19. The molecule has 0 spiro atoms. The summed E-state index contributed by atoms with van der Waals surface area (Å²) < 4.78 is 5.54. The number of ether oxygens (including phenoxy) is 1. The molecular weight excluding hydrogens is 336 g/mol. The third-order valence-corrected chi connectivity index (χ3v) is 3.46. The van der Waals surface area contributed by atoms with Gasteiger partial charge in [-0.2, -0.15) is 0 Å². The molecule has 24 heavy (non-hydrogen) atoms. The van der Waals surface area contributed by atoms with Crippen LogP contribution in [0.25, 0.3) is 0 Å². The number of amides is 1. The van der Waals surface area contributed by atoms with Crippen molar-refractivity contribution in [3.63, 3.8) is 0 Å². The third-order valence-electron chi connectivity index (χ3n) is 3.22. The van der Waals surface area contributed by atoms with Crippen LogP contribution in [0.5, 0.6) is 11.5 Å². The van der Waals surface area contributed by atoms with Crippen molar-refractivity contribution in [3.8, 4) is 11.5 Å². The van der Waals surface area contributed by atoms with Gasteiger partial charge in [0.1, 0.15) is 5.75 Å². The van der Waals surface area contributed by atoms with E-state index >= 15 is 0 Å². The summed E-state index contributed by atoms with van der Waals surface area (Å²) in [5, 5.41) is 11.5. The van der Waals surface area contributed by atoms with Gasteiger partial charge in [-0.1, -0.05) is 18.5 Å². The van der Waals surface area contributed by atoms with Crippen molar-refractivity contribution in [3.05, 3.63) is 62.7 Å². The molecule has 0 heterocycles. The summed E-state index contributed by atoms with van der Waals surface area (Å²) in [6.07, 6.45) is 0.222. The number of nitro groups is 1.